The Morgan fingerprint density at radius 1 is 1.16 bits per heavy atom. The fourth-order valence-corrected chi connectivity index (χ4v) is 2.50. The predicted molar refractivity (Wildman–Crippen MR) is 71.0 cm³/mol. The van der Waals surface area contributed by atoms with E-state index in [1.165, 1.54) is 6.26 Å². The van der Waals surface area contributed by atoms with Gasteiger partial charge in [-0.05, 0) is 18.9 Å². The average Bonchev–Trinajstić information content (AvgIpc) is 3.08. The number of hydrogen-bond donors (Lipinski definition) is 0. The van der Waals surface area contributed by atoms with Gasteiger partial charge in [-0.25, -0.2) is 0 Å². The Balaban J connectivity index is 1.78. The predicted octanol–water partition coefficient (Wildman–Crippen LogP) is 2.63. The first-order chi connectivity index (χ1) is 9.25. The molecule has 4 nitrogen and oxygen atoms in total. The van der Waals surface area contributed by atoms with Gasteiger partial charge >= 0.3 is 0 Å². The van der Waals surface area contributed by atoms with E-state index < -0.39 is 0 Å². The molecule has 3 rings (SSSR count). The summed E-state index contributed by atoms with van der Waals surface area (Å²) in [5.41, 5.74) is 1.18. The van der Waals surface area contributed by atoms with Crippen LogP contribution < -0.4 is 0 Å². The summed E-state index contributed by atoms with van der Waals surface area (Å²) in [6.07, 6.45) is 3.46. The topological polar surface area (TPSA) is 50.5 Å². The Hall–Kier alpha value is -2.10. The molecule has 4 heteroatoms. The normalized spacial score (nSPS) is 15.1. The molecule has 1 aliphatic rings. The van der Waals surface area contributed by atoms with Crippen LogP contribution in [-0.2, 0) is 4.79 Å². The smallest absolute Gasteiger partial charge is 0.230 e. The molecule has 2 heterocycles. The van der Waals surface area contributed by atoms with Crippen molar-refractivity contribution in [2.75, 3.05) is 13.1 Å². The van der Waals surface area contributed by atoms with E-state index in [0.717, 1.165) is 31.3 Å². The second-order valence-electron chi connectivity index (χ2n) is 4.83. The molecular formula is C15H15NO3. The third-order valence-corrected chi connectivity index (χ3v) is 3.55. The summed E-state index contributed by atoms with van der Waals surface area (Å²) < 4.78 is 5.33. The van der Waals surface area contributed by atoms with Gasteiger partial charge in [-0.1, -0.05) is 18.2 Å². The van der Waals surface area contributed by atoms with Gasteiger partial charge in [0.05, 0.1) is 12.0 Å². The molecule has 1 fully saturated rings. The van der Waals surface area contributed by atoms with Crippen LogP contribution in [0.1, 0.15) is 29.6 Å². The van der Waals surface area contributed by atoms with Crippen LogP contribution >= 0.6 is 0 Å². The molecule has 0 atom stereocenters. The van der Waals surface area contributed by atoms with Crippen LogP contribution in [0.4, 0.5) is 0 Å². The summed E-state index contributed by atoms with van der Waals surface area (Å²) in [7, 11) is 0. The molecule has 98 valence electrons. The van der Waals surface area contributed by atoms with E-state index in [1.807, 2.05) is 24.3 Å². The molecule has 2 aromatic rings. The minimum absolute atomic E-state index is 0.0659. The van der Waals surface area contributed by atoms with E-state index in [4.69, 9.17) is 4.42 Å². The second kappa shape index (κ2) is 4.88. The average molecular weight is 257 g/mol. The van der Waals surface area contributed by atoms with Crippen LogP contribution in [0.5, 0.6) is 0 Å². The Bertz CT molecular complexity index is 623. The highest BCUT2D eigenvalue weighted by Gasteiger charge is 2.22. The van der Waals surface area contributed by atoms with Crippen LogP contribution in [0, 0.1) is 0 Å². The standard InChI is InChI=1S/C15H15NO3/c17-13(9-15(18)16-7-3-4-8-16)12-10-19-14-6-2-1-5-11(12)14/h1-2,5-6,10H,3-4,7-9H2. The number of fused-ring (bicyclic) bond motifs is 1. The lowest BCUT2D eigenvalue weighted by atomic mass is 10.1. The van der Waals surface area contributed by atoms with Gasteiger partial charge in [0.2, 0.25) is 5.91 Å². The van der Waals surface area contributed by atoms with Gasteiger partial charge in [0, 0.05) is 18.5 Å². The quantitative estimate of drug-likeness (QED) is 0.627. The number of ketones is 1. The summed E-state index contributed by atoms with van der Waals surface area (Å²) in [6.45, 7) is 1.55. The number of amides is 1. The van der Waals surface area contributed by atoms with Crippen molar-refractivity contribution in [3.8, 4) is 0 Å². The number of para-hydroxylation sites is 1. The van der Waals surface area contributed by atoms with Gasteiger partial charge in [0.25, 0.3) is 0 Å². The van der Waals surface area contributed by atoms with Crippen molar-refractivity contribution in [1.29, 1.82) is 0 Å². The largest absolute Gasteiger partial charge is 0.464 e. The van der Waals surface area contributed by atoms with Gasteiger partial charge in [0.1, 0.15) is 11.8 Å². The highest BCUT2D eigenvalue weighted by atomic mass is 16.3. The molecular weight excluding hydrogens is 242 g/mol. The highest BCUT2D eigenvalue weighted by Crippen LogP contribution is 2.22. The highest BCUT2D eigenvalue weighted by molar-refractivity contribution is 6.13. The first-order valence-corrected chi connectivity index (χ1v) is 6.53. The minimum atomic E-state index is -0.165. The van der Waals surface area contributed by atoms with Gasteiger partial charge in [-0.15, -0.1) is 0 Å². The number of rotatable bonds is 3. The van der Waals surface area contributed by atoms with E-state index in [9.17, 15) is 9.59 Å². The second-order valence-corrected chi connectivity index (χ2v) is 4.83. The lowest BCUT2D eigenvalue weighted by Crippen LogP contribution is -2.29. The summed E-state index contributed by atoms with van der Waals surface area (Å²) in [5, 5.41) is 0.779. The zero-order chi connectivity index (χ0) is 13.2. The van der Waals surface area contributed by atoms with Crippen LogP contribution in [0.3, 0.4) is 0 Å². The third kappa shape index (κ3) is 2.26. The van der Waals surface area contributed by atoms with Crippen LogP contribution in [-0.4, -0.2) is 29.7 Å². The van der Waals surface area contributed by atoms with Crippen LogP contribution in [0.25, 0.3) is 11.0 Å². The number of carbonyl (C=O) groups is 2. The van der Waals surface area contributed by atoms with Gasteiger partial charge < -0.3 is 9.32 Å². The fraction of sp³-hybridized carbons (Fsp3) is 0.333. The number of carbonyl (C=O) groups excluding carboxylic acids is 2. The number of benzene rings is 1. The van der Waals surface area contributed by atoms with Crippen molar-refractivity contribution >= 4 is 22.7 Å². The van der Waals surface area contributed by atoms with Gasteiger partial charge in [-0.3, -0.25) is 9.59 Å². The molecule has 0 unspecified atom stereocenters. The maximum absolute atomic E-state index is 12.2. The molecule has 0 saturated carbocycles. The van der Waals surface area contributed by atoms with Crippen LogP contribution in [0.15, 0.2) is 34.9 Å². The van der Waals surface area contributed by atoms with Crippen molar-refractivity contribution in [2.24, 2.45) is 0 Å². The van der Waals surface area contributed by atoms with E-state index in [0.29, 0.717) is 11.1 Å². The van der Waals surface area contributed by atoms with E-state index in [-0.39, 0.29) is 18.1 Å². The molecule has 1 saturated heterocycles. The number of hydrogen-bond acceptors (Lipinski definition) is 3. The number of furan rings is 1. The van der Waals surface area contributed by atoms with E-state index >= 15 is 0 Å². The van der Waals surface area contributed by atoms with Crippen molar-refractivity contribution < 1.29 is 14.0 Å². The molecule has 0 bridgehead atoms. The molecule has 19 heavy (non-hydrogen) atoms. The SMILES string of the molecule is O=C(CC(=O)N1CCCC1)c1coc2ccccc12. The summed E-state index contributed by atoms with van der Waals surface area (Å²) in [5.74, 6) is -0.241. The minimum Gasteiger partial charge on any atom is -0.464 e. The molecule has 1 aliphatic heterocycles. The number of Topliss-reactive ketones (excluding diaryl/α,β-unsaturated/α-hetero) is 1. The molecule has 1 aromatic carbocycles. The monoisotopic (exact) mass is 257 g/mol. The number of nitrogens with zero attached hydrogens (tertiary/aromatic N) is 1. The summed E-state index contributed by atoms with van der Waals surface area (Å²) in [4.78, 5) is 25.9. The maximum Gasteiger partial charge on any atom is 0.230 e. The first kappa shape index (κ1) is 12.0. The zero-order valence-corrected chi connectivity index (χ0v) is 10.6. The number of likely N-dealkylation sites (tertiary alicyclic amines) is 1. The molecule has 1 amide bonds. The summed E-state index contributed by atoms with van der Waals surface area (Å²) in [6, 6.07) is 7.37. The van der Waals surface area contributed by atoms with Crippen molar-refractivity contribution in [2.45, 2.75) is 19.3 Å². The van der Waals surface area contributed by atoms with Gasteiger partial charge in [0.15, 0.2) is 5.78 Å². The van der Waals surface area contributed by atoms with Crippen LogP contribution in [0.2, 0.25) is 0 Å². The van der Waals surface area contributed by atoms with E-state index in [1.54, 1.807) is 4.90 Å². The molecule has 0 N–H and O–H groups in total. The summed E-state index contributed by atoms with van der Waals surface area (Å²) >= 11 is 0. The lowest BCUT2D eigenvalue weighted by molar-refractivity contribution is -0.129. The zero-order valence-electron chi connectivity index (χ0n) is 10.6. The van der Waals surface area contributed by atoms with Crippen molar-refractivity contribution in [1.82, 2.24) is 4.90 Å². The van der Waals surface area contributed by atoms with Crippen molar-refractivity contribution in [3.05, 3.63) is 36.1 Å². The Morgan fingerprint density at radius 3 is 2.68 bits per heavy atom. The Kier molecular flexibility index (Phi) is 3.07. The molecule has 0 spiro atoms. The molecule has 0 radical (unpaired) electrons. The Labute approximate surface area is 111 Å². The lowest BCUT2D eigenvalue weighted by Gasteiger charge is -2.14. The molecule has 0 aliphatic carbocycles. The maximum atomic E-state index is 12.2. The van der Waals surface area contributed by atoms with Gasteiger partial charge in [-0.2, -0.15) is 0 Å². The first-order valence-electron chi connectivity index (χ1n) is 6.53. The van der Waals surface area contributed by atoms with E-state index in [2.05, 4.69) is 0 Å². The fourth-order valence-electron chi connectivity index (χ4n) is 2.50. The molecule has 1 aromatic heterocycles. The Morgan fingerprint density at radius 2 is 1.89 bits per heavy atom. The third-order valence-electron chi connectivity index (χ3n) is 3.55. The van der Waals surface area contributed by atoms with Crippen molar-refractivity contribution in [3.63, 3.8) is 0 Å².